The number of hydrogen-bond donors (Lipinski definition) is 2. The molecule has 1 unspecified atom stereocenters. The smallest absolute Gasteiger partial charge is 0.223 e. The Morgan fingerprint density at radius 3 is 2.12 bits per heavy atom. The molecule has 0 aromatic rings. The molecule has 0 radical (unpaired) electrons. The van der Waals surface area contributed by atoms with E-state index in [1.165, 1.54) is 0 Å². The van der Waals surface area contributed by atoms with Gasteiger partial charge in [-0.2, -0.15) is 0 Å². The lowest BCUT2D eigenvalue weighted by Crippen LogP contribution is -2.25. The maximum atomic E-state index is 11.6. The van der Waals surface area contributed by atoms with E-state index < -0.39 is 0 Å². The Hall–Kier alpha value is -0.430. The first kappa shape index (κ1) is 38.1. The van der Waals surface area contributed by atoms with Crippen molar-refractivity contribution in [1.29, 1.82) is 0 Å². The maximum absolute atomic E-state index is 11.6. The fraction of sp³-hybridized carbons (Fsp3) is 0.885. The summed E-state index contributed by atoms with van der Waals surface area (Å²) in [6.45, 7) is 22.5. The van der Waals surface area contributed by atoms with Crippen LogP contribution in [0.25, 0.3) is 0 Å². The molecule has 0 bridgehead atoms. The summed E-state index contributed by atoms with van der Waals surface area (Å²) in [5.74, 6) is 6.21. The maximum Gasteiger partial charge on any atom is 0.223 e. The Kier molecular flexibility index (Phi) is 32.3. The number of hydrogen-bond acceptors (Lipinski definition) is 7. The van der Waals surface area contributed by atoms with Crippen molar-refractivity contribution in [3.63, 3.8) is 0 Å². The molecule has 0 aliphatic heterocycles. The lowest BCUT2D eigenvalue weighted by atomic mass is 10.2. The predicted molar refractivity (Wildman–Crippen MR) is 152 cm³/mol. The number of rotatable bonds is 17. The monoisotopic (exact) mass is 522 g/mol. The van der Waals surface area contributed by atoms with E-state index in [-0.39, 0.29) is 16.1 Å². The first-order chi connectivity index (χ1) is 16.2. The number of ether oxygens (including phenoxy) is 3. The number of nitrogens with one attached hydrogen (secondary N) is 2. The van der Waals surface area contributed by atoms with Crippen LogP contribution in [-0.4, -0.2) is 69.3 Å². The molecule has 0 rings (SSSR count). The molecule has 1 atom stereocenters. The summed E-state index contributed by atoms with van der Waals surface area (Å²) < 4.78 is 17.2. The Morgan fingerprint density at radius 2 is 1.56 bits per heavy atom. The van der Waals surface area contributed by atoms with Crippen molar-refractivity contribution >= 4 is 27.5 Å². The Bertz CT molecular complexity index is 489. The third kappa shape index (κ3) is 33.7. The second-order valence-electron chi connectivity index (χ2n) is 8.07. The van der Waals surface area contributed by atoms with Gasteiger partial charge in [-0.15, -0.1) is 0 Å². The molecule has 2 N–H and O–H groups in total. The van der Waals surface area contributed by atoms with Gasteiger partial charge in [0.1, 0.15) is 5.44 Å². The number of amides is 1. The van der Waals surface area contributed by atoms with E-state index in [2.05, 4.69) is 43.2 Å². The van der Waals surface area contributed by atoms with Gasteiger partial charge >= 0.3 is 0 Å². The van der Waals surface area contributed by atoms with Crippen molar-refractivity contribution in [2.24, 2.45) is 5.92 Å². The standard InChI is InChI=1S/C22H42N2O4S2.2C2H6/c1-19(2)9-7-13-24-20(25)11-14-26-15-16-27-17-18-28-21(10-8-12-23-6)29-30-22(3,4)5;2*1-2/h19,21,23H,8,10-18H2,1-6H3,(H,24,25);2*1-2H3. The largest absolute Gasteiger partial charge is 0.379 e. The van der Waals surface area contributed by atoms with Crippen LogP contribution < -0.4 is 10.6 Å². The predicted octanol–water partition coefficient (Wildman–Crippen LogP) is 5.76. The first-order valence-electron chi connectivity index (χ1n) is 12.8. The zero-order chi connectivity index (χ0) is 26.7. The van der Waals surface area contributed by atoms with Gasteiger partial charge in [0.2, 0.25) is 5.91 Å². The van der Waals surface area contributed by atoms with Crippen molar-refractivity contribution in [3.05, 3.63) is 0 Å². The molecule has 0 heterocycles. The molecule has 34 heavy (non-hydrogen) atoms. The molecule has 0 saturated carbocycles. The summed E-state index contributed by atoms with van der Waals surface area (Å²) in [6, 6.07) is 0. The quantitative estimate of drug-likeness (QED) is 0.109. The van der Waals surface area contributed by atoms with Gasteiger partial charge in [-0.05, 0) is 26.4 Å². The van der Waals surface area contributed by atoms with Crippen LogP contribution in [0.5, 0.6) is 0 Å². The zero-order valence-electron chi connectivity index (χ0n) is 23.7. The van der Waals surface area contributed by atoms with Crippen LogP contribution in [0.4, 0.5) is 0 Å². The summed E-state index contributed by atoms with van der Waals surface area (Å²) in [4.78, 5) is 11.6. The summed E-state index contributed by atoms with van der Waals surface area (Å²) in [5, 5.41) is 5.94. The van der Waals surface area contributed by atoms with Gasteiger partial charge in [0.25, 0.3) is 0 Å². The van der Waals surface area contributed by atoms with Crippen LogP contribution >= 0.6 is 21.6 Å². The third-order valence-electron chi connectivity index (χ3n) is 3.41. The van der Waals surface area contributed by atoms with Gasteiger partial charge in [-0.25, -0.2) is 0 Å². The van der Waals surface area contributed by atoms with E-state index in [4.69, 9.17) is 14.2 Å². The second kappa shape index (κ2) is 28.8. The lowest BCUT2D eigenvalue weighted by Gasteiger charge is -2.22. The molecule has 0 aromatic heterocycles. The Morgan fingerprint density at radius 1 is 0.971 bits per heavy atom. The minimum atomic E-state index is -0.0442. The van der Waals surface area contributed by atoms with Crippen molar-refractivity contribution in [3.8, 4) is 11.8 Å². The van der Waals surface area contributed by atoms with Crippen molar-refractivity contribution in [2.75, 3.05) is 53.2 Å². The van der Waals surface area contributed by atoms with E-state index in [0.717, 1.165) is 19.4 Å². The second-order valence-corrected chi connectivity index (χ2v) is 11.3. The van der Waals surface area contributed by atoms with Gasteiger partial charge < -0.3 is 24.8 Å². The Labute approximate surface area is 219 Å². The highest BCUT2D eigenvalue weighted by Gasteiger charge is 2.17. The van der Waals surface area contributed by atoms with Crippen molar-refractivity contribution in [2.45, 2.75) is 91.8 Å². The minimum absolute atomic E-state index is 0.0442. The van der Waals surface area contributed by atoms with E-state index >= 15 is 0 Å². The van der Waals surface area contributed by atoms with Crippen LogP contribution in [0, 0.1) is 17.8 Å². The average molecular weight is 523 g/mol. The molecule has 0 aliphatic carbocycles. The van der Waals surface area contributed by atoms with E-state index in [1.54, 1.807) is 10.8 Å². The molecule has 1 amide bonds. The van der Waals surface area contributed by atoms with Crippen LogP contribution in [0.1, 0.15) is 81.6 Å². The molecule has 0 spiro atoms. The third-order valence-corrected chi connectivity index (χ3v) is 7.03. The summed E-state index contributed by atoms with van der Waals surface area (Å²) >= 11 is 0. The molecule has 0 aromatic carbocycles. The van der Waals surface area contributed by atoms with Crippen LogP contribution in [0.15, 0.2) is 0 Å². The van der Waals surface area contributed by atoms with Crippen LogP contribution in [0.2, 0.25) is 0 Å². The van der Waals surface area contributed by atoms with Crippen LogP contribution in [0.3, 0.4) is 0 Å². The highest BCUT2D eigenvalue weighted by molar-refractivity contribution is 8.77. The highest BCUT2D eigenvalue weighted by atomic mass is 33.1. The van der Waals surface area contributed by atoms with Crippen molar-refractivity contribution in [1.82, 2.24) is 10.6 Å². The average Bonchev–Trinajstić information content (AvgIpc) is 2.80. The highest BCUT2D eigenvalue weighted by Crippen LogP contribution is 2.39. The van der Waals surface area contributed by atoms with Gasteiger partial charge in [0.05, 0.1) is 39.6 Å². The number of carbonyl (C=O) groups is 1. The van der Waals surface area contributed by atoms with Gasteiger partial charge in [-0.1, -0.05) is 95.7 Å². The minimum Gasteiger partial charge on any atom is -0.379 e. The van der Waals surface area contributed by atoms with E-state index in [0.29, 0.717) is 51.9 Å². The molecule has 6 nitrogen and oxygen atoms in total. The molecule has 8 heteroatoms. The van der Waals surface area contributed by atoms with Gasteiger partial charge in [0, 0.05) is 17.1 Å². The summed E-state index contributed by atoms with van der Waals surface area (Å²) in [7, 11) is 5.63. The lowest BCUT2D eigenvalue weighted by molar-refractivity contribution is -0.122. The topological polar surface area (TPSA) is 68.8 Å². The van der Waals surface area contributed by atoms with E-state index in [1.807, 2.05) is 59.4 Å². The summed E-state index contributed by atoms with van der Waals surface area (Å²) in [6.07, 6.45) is 2.44. The SMILES string of the molecule is CC.CC.CNCCCC(OCCOCCOCCC(=O)NCC#CC(C)C)SSC(C)(C)C. The van der Waals surface area contributed by atoms with Gasteiger partial charge in [0.15, 0.2) is 0 Å². The van der Waals surface area contributed by atoms with Gasteiger partial charge in [-0.3, -0.25) is 4.79 Å². The zero-order valence-corrected chi connectivity index (χ0v) is 25.3. The summed E-state index contributed by atoms with van der Waals surface area (Å²) in [5.41, 5.74) is 0.172. The number of carbonyl (C=O) groups excluding carboxylic acids is 1. The molecule has 0 fully saturated rings. The molecule has 0 saturated heterocycles. The molecular formula is C26H54N2O4S2. The van der Waals surface area contributed by atoms with Crippen LogP contribution in [-0.2, 0) is 19.0 Å². The molecule has 204 valence electrons. The van der Waals surface area contributed by atoms with Crippen molar-refractivity contribution < 1.29 is 19.0 Å². The fourth-order valence-electron chi connectivity index (χ4n) is 2.01. The molecular weight excluding hydrogens is 468 g/mol. The molecule has 0 aliphatic rings. The Balaban J connectivity index is -0.00000227. The van der Waals surface area contributed by atoms with E-state index in [9.17, 15) is 4.79 Å². The fourth-order valence-corrected chi connectivity index (χ4v) is 4.47. The first-order valence-corrected chi connectivity index (χ1v) is 15.0. The normalized spacial score (nSPS) is 11.4.